The molecule has 0 amide bonds. The maximum absolute atomic E-state index is 5.89. The lowest BCUT2D eigenvalue weighted by atomic mass is 9.77. The molecule has 0 aliphatic heterocycles. The van der Waals surface area contributed by atoms with Gasteiger partial charge in [0.15, 0.2) is 0 Å². The highest BCUT2D eigenvalue weighted by Crippen LogP contribution is 2.43. The number of hydrogen-bond acceptors (Lipinski definition) is 2. The lowest BCUT2D eigenvalue weighted by Crippen LogP contribution is -2.12. The van der Waals surface area contributed by atoms with E-state index in [1.165, 1.54) is 44.5 Å². The van der Waals surface area contributed by atoms with Crippen LogP contribution >= 0.6 is 0 Å². The first-order valence-electron chi connectivity index (χ1n) is 10.3. The number of ether oxygens (including phenoxy) is 2. The SMILES string of the molecule is CCc1cc(C)cc(C)c1C(c1ccc(OC)cc1)c1c(C)cc(C)cc1OC. The molecule has 0 bridgehead atoms. The molecular formula is C27H32O2. The lowest BCUT2D eigenvalue weighted by Gasteiger charge is -2.27. The van der Waals surface area contributed by atoms with Gasteiger partial charge in [0, 0.05) is 11.5 Å². The van der Waals surface area contributed by atoms with Gasteiger partial charge in [0.1, 0.15) is 11.5 Å². The molecular weight excluding hydrogens is 356 g/mol. The largest absolute Gasteiger partial charge is 0.497 e. The third-order valence-electron chi connectivity index (χ3n) is 5.74. The molecule has 3 aromatic rings. The number of benzene rings is 3. The maximum atomic E-state index is 5.89. The van der Waals surface area contributed by atoms with E-state index in [9.17, 15) is 0 Å². The fourth-order valence-electron chi connectivity index (χ4n) is 4.52. The van der Waals surface area contributed by atoms with Crippen molar-refractivity contribution >= 4 is 0 Å². The van der Waals surface area contributed by atoms with Crippen molar-refractivity contribution < 1.29 is 9.47 Å². The molecule has 0 radical (unpaired) electrons. The van der Waals surface area contributed by atoms with Crippen molar-refractivity contribution in [1.29, 1.82) is 0 Å². The van der Waals surface area contributed by atoms with Crippen molar-refractivity contribution in [3.05, 3.63) is 93.0 Å². The van der Waals surface area contributed by atoms with Crippen LogP contribution in [0.1, 0.15) is 57.3 Å². The first-order chi connectivity index (χ1) is 13.9. The third-order valence-corrected chi connectivity index (χ3v) is 5.74. The zero-order valence-electron chi connectivity index (χ0n) is 18.7. The molecule has 2 heteroatoms. The Morgan fingerprint density at radius 1 is 0.724 bits per heavy atom. The van der Waals surface area contributed by atoms with Gasteiger partial charge in [0.25, 0.3) is 0 Å². The second-order valence-corrected chi connectivity index (χ2v) is 7.91. The fraction of sp³-hybridized carbons (Fsp3) is 0.333. The van der Waals surface area contributed by atoms with E-state index in [0.717, 1.165) is 17.9 Å². The predicted octanol–water partition coefficient (Wildman–Crippen LogP) is 6.68. The van der Waals surface area contributed by atoms with Crippen molar-refractivity contribution in [3.63, 3.8) is 0 Å². The molecule has 3 aromatic carbocycles. The molecule has 0 aromatic heterocycles. The number of hydrogen-bond donors (Lipinski definition) is 0. The van der Waals surface area contributed by atoms with E-state index in [0.29, 0.717) is 0 Å². The van der Waals surface area contributed by atoms with Crippen LogP contribution in [-0.2, 0) is 6.42 Å². The van der Waals surface area contributed by atoms with Gasteiger partial charge in [-0.05, 0) is 85.7 Å². The summed E-state index contributed by atoms with van der Waals surface area (Å²) in [5.74, 6) is 1.92. The van der Waals surface area contributed by atoms with E-state index in [1.54, 1.807) is 14.2 Å². The number of rotatable bonds is 6. The van der Waals surface area contributed by atoms with Crippen LogP contribution in [0.25, 0.3) is 0 Å². The summed E-state index contributed by atoms with van der Waals surface area (Å²) >= 11 is 0. The Morgan fingerprint density at radius 2 is 1.31 bits per heavy atom. The molecule has 1 unspecified atom stereocenters. The topological polar surface area (TPSA) is 18.5 Å². The van der Waals surface area contributed by atoms with Crippen molar-refractivity contribution in [3.8, 4) is 11.5 Å². The minimum Gasteiger partial charge on any atom is -0.497 e. The van der Waals surface area contributed by atoms with Gasteiger partial charge in [0.2, 0.25) is 0 Å². The third kappa shape index (κ3) is 4.17. The van der Waals surface area contributed by atoms with E-state index >= 15 is 0 Å². The minimum absolute atomic E-state index is 0.104. The smallest absolute Gasteiger partial charge is 0.123 e. The normalized spacial score (nSPS) is 12.0. The van der Waals surface area contributed by atoms with E-state index in [-0.39, 0.29) is 5.92 Å². The van der Waals surface area contributed by atoms with E-state index < -0.39 is 0 Å². The second kappa shape index (κ2) is 8.73. The highest BCUT2D eigenvalue weighted by molar-refractivity contribution is 5.58. The van der Waals surface area contributed by atoms with Gasteiger partial charge in [0.05, 0.1) is 14.2 Å². The summed E-state index contributed by atoms with van der Waals surface area (Å²) in [4.78, 5) is 0. The molecule has 1 atom stereocenters. The second-order valence-electron chi connectivity index (χ2n) is 7.91. The highest BCUT2D eigenvalue weighted by atomic mass is 16.5. The monoisotopic (exact) mass is 388 g/mol. The minimum atomic E-state index is 0.104. The first-order valence-corrected chi connectivity index (χ1v) is 10.3. The van der Waals surface area contributed by atoms with Crippen LogP contribution in [0.5, 0.6) is 11.5 Å². The quantitative estimate of drug-likeness (QED) is 0.439. The van der Waals surface area contributed by atoms with E-state index in [1.807, 2.05) is 12.1 Å². The average molecular weight is 389 g/mol. The average Bonchev–Trinajstić information content (AvgIpc) is 2.70. The molecule has 0 aliphatic carbocycles. The van der Waals surface area contributed by atoms with Gasteiger partial charge in [-0.15, -0.1) is 0 Å². The van der Waals surface area contributed by atoms with Crippen LogP contribution in [0.3, 0.4) is 0 Å². The van der Waals surface area contributed by atoms with Gasteiger partial charge in [-0.3, -0.25) is 0 Å². The Kier molecular flexibility index (Phi) is 6.32. The van der Waals surface area contributed by atoms with Crippen LogP contribution < -0.4 is 9.47 Å². The van der Waals surface area contributed by atoms with Crippen LogP contribution in [0, 0.1) is 27.7 Å². The summed E-state index contributed by atoms with van der Waals surface area (Å²) in [5.41, 5.74) is 10.4. The predicted molar refractivity (Wildman–Crippen MR) is 122 cm³/mol. The summed E-state index contributed by atoms with van der Waals surface area (Å²) < 4.78 is 11.3. The van der Waals surface area contributed by atoms with Crippen LogP contribution in [0.15, 0.2) is 48.5 Å². The zero-order chi connectivity index (χ0) is 21.1. The molecule has 29 heavy (non-hydrogen) atoms. The molecule has 2 nitrogen and oxygen atoms in total. The van der Waals surface area contributed by atoms with Gasteiger partial charge < -0.3 is 9.47 Å². The van der Waals surface area contributed by atoms with Crippen molar-refractivity contribution in [2.24, 2.45) is 0 Å². The van der Waals surface area contributed by atoms with Crippen molar-refractivity contribution in [2.75, 3.05) is 14.2 Å². The summed E-state index contributed by atoms with van der Waals surface area (Å²) in [7, 11) is 3.48. The Morgan fingerprint density at radius 3 is 1.86 bits per heavy atom. The molecule has 0 saturated heterocycles. The Bertz CT molecular complexity index is 941. The first kappa shape index (κ1) is 21.0. The molecule has 0 N–H and O–H groups in total. The van der Waals surface area contributed by atoms with Crippen molar-refractivity contribution in [1.82, 2.24) is 0 Å². The summed E-state index contributed by atoms with van der Waals surface area (Å²) in [6.07, 6.45) is 0.998. The van der Waals surface area contributed by atoms with Crippen LogP contribution in [0.4, 0.5) is 0 Å². The van der Waals surface area contributed by atoms with Gasteiger partial charge in [-0.2, -0.15) is 0 Å². The molecule has 0 spiro atoms. The number of methoxy groups -OCH3 is 2. The van der Waals surface area contributed by atoms with Gasteiger partial charge in [-0.25, -0.2) is 0 Å². The molecule has 0 fully saturated rings. The van der Waals surface area contributed by atoms with Crippen LogP contribution in [0.2, 0.25) is 0 Å². The Hall–Kier alpha value is -2.74. The van der Waals surface area contributed by atoms with E-state index in [2.05, 4.69) is 71.0 Å². The summed E-state index contributed by atoms with van der Waals surface area (Å²) in [6.45, 7) is 11.0. The summed E-state index contributed by atoms with van der Waals surface area (Å²) in [5, 5.41) is 0. The molecule has 3 rings (SSSR count). The fourth-order valence-corrected chi connectivity index (χ4v) is 4.52. The van der Waals surface area contributed by atoms with E-state index in [4.69, 9.17) is 9.47 Å². The Balaban J connectivity index is 2.36. The zero-order valence-corrected chi connectivity index (χ0v) is 18.7. The van der Waals surface area contributed by atoms with Gasteiger partial charge >= 0.3 is 0 Å². The molecule has 0 saturated carbocycles. The highest BCUT2D eigenvalue weighted by Gasteiger charge is 2.26. The molecule has 0 aliphatic rings. The molecule has 152 valence electrons. The molecule has 0 heterocycles. The number of aryl methyl sites for hydroxylation is 5. The van der Waals surface area contributed by atoms with Crippen LogP contribution in [-0.4, -0.2) is 14.2 Å². The summed E-state index contributed by atoms with van der Waals surface area (Å²) in [6, 6.07) is 17.5. The van der Waals surface area contributed by atoms with Gasteiger partial charge in [-0.1, -0.05) is 42.8 Å². The standard InChI is InChI=1S/C27H32O2/c1-8-21-15-17(2)13-19(4)25(21)27(22-9-11-23(28-6)12-10-22)26-20(5)14-18(3)16-24(26)29-7/h9-16,27H,8H2,1-7H3. The van der Waals surface area contributed by atoms with Crippen molar-refractivity contribution in [2.45, 2.75) is 47.0 Å². The maximum Gasteiger partial charge on any atom is 0.123 e. The Labute approximate surface area is 175 Å². The lowest BCUT2D eigenvalue weighted by molar-refractivity contribution is 0.408.